The molecule has 4 atom stereocenters. The molecule has 4 unspecified atom stereocenters. The molecular weight excluding hydrogens is 498 g/mol. The molecule has 0 amide bonds. The summed E-state index contributed by atoms with van der Waals surface area (Å²) in [6, 6.07) is 7.90. The highest BCUT2D eigenvalue weighted by Gasteiger charge is 2.25. The molecule has 2 N–H and O–H groups in total. The molecule has 0 aliphatic rings. The zero-order chi connectivity index (χ0) is 27.9. The summed E-state index contributed by atoms with van der Waals surface area (Å²) in [6.45, 7) is 10.6. The molecule has 0 spiro atoms. The molecule has 1 rings (SSSR count). The summed E-state index contributed by atoms with van der Waals surface area (Å²) in [4.78, 5) is 19.3. The highest BCUT2D eigenvalue weighted by Crippen LogP contribution is 2.43. The van der Waals surface area contributed by atoms with Crippen LogP contribution in [0.1, 0.15) is 143 Å². The Bertz CT molecular complexity index is 720. The van der Waals surface area contributed by atoms with E-state index in [0.717, 1.165) is 44.9 Å². The van der Waals surface area contributed by atoms with Crippen molar-refractivity contribution in [3.8, 4) is 0 Å². The van der Waals surface area contributed by atoms with Crippen molar-refractivity contribution in [3.05, 3.63) is 29.8 Å². The van der Waals surface area contributed by atoms with Crippen LogP contribution < -0.4 is 5.30 Å². The SMILES string of the molecule is CCCCCCC(C)[PH](=O)O.CCCCCCCCCc1ccc(P(=O)(O)CC(CC)CCCC)cc1. The molecule has 0 saturated heterocycles. The summed E-state index contributed by atoms with van der Waals surface area (Å²) in [5.41, 5.74) is 1.32. The highest BCUT2D eigenvalue weighted by atomic mass is 31.2. The first-order valence-electron chi connectivity index (χ1n) is 15.4. The highest BCUT2D eigenvalue weighted by molar-refractivity contribution is 7.66. The quantitative estimate of drug-likeness (QED) is 0.116. The number of hydrogen-bond acceptors (Lipinski definition) is 2. The third-order valence-corrected chi connectivity index (χ3v) is 10.6. The monoisotopic (exact) mass is 558 g/mol. The minimum atomic E-state index is -3.23. The van der Waals surface area contributed by atoms with Gasteiger partial charge in [0.2, 0.25) is 7.37 Å². The summed E-state index contributed by atoms with van der Waals surface area (Å²) < 4.78 is 23.3. The maximum absolute atomic E-state index is 12.8. The van der Waals surface area contributed by atoms with E-state index >= 15 is 0 Å². The molecule has 6 heteroatoms. The van der Waals surface area contributed by atoms with E-state index in [2.05, 4.69) is 39.8 Å². The first-order valence-corrected chi connectivity index (χ1v) is 18.6. The molecule has 0 aromatic heterocycles. The van der Waals surface area contributed by atoms with Crippen molar-refractivity contribution in [2.75, 3.05) is 6.16 Å². The van der Waals surface area contributed by atoms with Crippen molar-refractivity contribution in [3.63, 3.8) is 0 Å². The molecule has 0 radical (unpaired) electrons. The van der Waals surface area contributed by atoms with E-state index in [1.165, 1.54) is 69.8 Å². The Kier molecular flexibility index (Phi) is 23.2. The van der Waals surface area contributed by atoms with Gasteiger partial charge in [-0.25, -0.2) is 0 Å². The maximum atomic E-state index is 12.8. The fourth-order valence-electron chi connectivity index (χ4n) is 4.56. The van der Waals surface area contributed by atoms with Gasteiger partial charge < -0.3 is 9.79 Å². The minimum absolute atomic E-state index is 0.0249. The average molecular weight is 559 g/mol. The number of unbranched alkanes of at least 4 members (excludes halogenated alkanes) is 10. The van der Waals surface area contributed by atoms with E-state index in [1.54, 1.807) is 0 Å². The molecule has 4 nitrogen and oxygen atoms in total. The van der Waals surface area contributed by atoms with E-state index in [1.807, 2.05) is 19.1 Å². The van der Waals surface area contributed by atoms with Crippen molar-refractivity contribution in [1.29, 1.82) is 0 Å². The van der Waals surface area contributed by atoms with Crippen LogP contribution in [-0.2, 0) is 15.6 Å². The number of hydrogen-bond donors (Lipinski definition) is 2. The van der Waals surface area contributed by atoms with E-state index < -0.39 is 15.4 Å². The van der Waals surface area contributed by atoms with Crippen LogP contribution in [0.3, 0.4) is 0 Å². The van der Waals surface area contributed by atoms with E-state index in [-0.39, 0.29) is 5.66 Å². The topological polar surface area (TPSA) is 74.6 Å². The van der Waals surface area contributed by atoms with Crippen LogP contribution in [0.2, 0.25) is 0 Å². The minimum Gasteiger partial charge on any atom is -0.346 e. The Hall–Kier alpha value is -0.400. The molecule has 0 aliphatic carbocycles. The zero-order valence-electron chi connectivity index (χ0n) is 24.9. The fraction of sp³-hybridized carbons (Fsp3) is 0.806. The van der Waals surface area contributed by atoms with Gasteiger partial charge in [-0.05, 0) is 49.3 Å². The normalized spacial score (nSPS) is 15.3. The van der Waals surface area contributed by atoms with Crippen LogP contribution in [0.5, 0.6) is 0 Å². The largest absolute Gasteiger partial charge is 0.346 e. The van der Waals surface area contributed by atoms with Crippen molar-refractivity contribution in [2.24, 2.45) is 5.92 Å². The lowest BCUT2D eigenvalue weighted by Crippen LogP contribution is -2.14. The number of aryl methyl sites for hydroxylation is 1. The summed E-state index contributed by atoms with van der Waals surface area (Å²) in [5, 5.41) is 0.635. The van der Waals surface area contributed by atoms with Gasteiger partial charge in [0.25, 0.3) is 0 Å². The summed E-state index contributed by atoms with van der Waals surface area (Å²) in [7, 11) is -5.47. The molecule has 0 fully saturated rings. The fourth-order valence-corrected chi connectivity index (χ4v) is 6.97. The Balaban J connectivity index is 0.000000989. The van der Waals surface area contributed by atoms with Crippen LogP contribution in [0, 0.1) is 5.92 Å². The lowest BCUT2D eigenvalue weighted by molar-refractivity contribution is 0.445. The zero-order valence-corrected chi connectivity index (χ0v) is 26.7. The van der Waals surface area contributed by atoms with Gasteiger partial charge >= 0.3 is 0 Å². The smallest absolute Gasteiger partial charge is 0.229 e. The van der Waals surface area contributed by atoms with Crippen LogP contribution in [0.15, 0.2) is 24.3 Å². The van der Waals surface area contributed by atoms with Crippen LogP contribution in [-0.4, -0.2) is 21.6 Å². The van der Waals surface area contributed by atoms with Crippen LogP contribution in [0.25, 0.3) is 0 Å². The second-order valence-electron chi connectivity index (χ2n) is 10.9. The molecule has 218 valence electrons. The predicted molar refractivity (Wildman–Crippen MR) is 165 cm³/mol. The molecule has 37 heavy (non-hydrogen) atoms. The summed E-state index contributed by atoms with van der Waals surface area (Å²) in [5.74, 6) is 0.359. The van der Waals surface area contributed by atoms with Gasteiger partial charge in [0.1, 0.15) is 0 Å². The Labute approximate surface area is 230 Å². The molecular formula is C31H60O4P2. The standard InChI is InChI=1S/C23H41O2P.C8H19O2P/c1-4-7-9-10-11-12-13-15-22-16-18-23(19-17-22)26(24,25)20-21(6-3)14-8-5-2;1-3-4-5-6-7-8(2)11(9)10/h16-19,21H,4-15,20H2,1-3H3,(H,24,25);8,11H,3-7H2,1-2H3,(H,9,10). The molecule has 1 aromatic carbocycles. The Morgan fingerprint density at radius 3 is 1.78 bits per heavy atom. The van der Waals surface area contributed by atoms with Gasteiger partial charge in [0.05, 0.1) is 0 Å². The molecule has 0 bridgehead atoms. The summed E-state index contributed by atoms with van der Waals surface area (Å²) >= 11 is 0. The third-order valence-electron chi connectivity index (χ3n) is 7.37. The maximum Gasteiger partial charge on any atom is 0.229 e. The third kappa shape index (κ3) is 19.3. The van der Waals surface area contributed by atoms with E-state index in [0.29, 0.717) is 17.4 Å². The molecule has 0 saturated carbocycles. The Morgan fingerprint density at radius 2 is 1.27 bits per heavy atom. The Morgan fingerprint density at radius 1 is 0.757 bits per heavy atom. The first-order chi connectivity index (χ1) is 17.7. The van der Waals surface area contributed by atoms with Gasteiger partial charge in [-0.15, -0.1) is 0 Å². The van der Waals surface area contributed by atoms with E-state index in [9.17, 15) is 14.0 Å². The summed E-state index contributed by atoms with van der Waals surface area (Å²) in [6.07, 6.45) is 20.8. The van der Waals surface area contributed by atoms with Crippen LogP contribution in [0.4, 0.5) is 0 Å². The second-order valence-corrected chi connectivity index (χ2v) is 14.9. The lowest BCUT2D eigenvalue weighted by atomic mass is 10.0. The second kappa shape index (κ2) is 23.5. The van der Waals surface area contributed by atoms with Crippen molar-refractivity contribution < 1.29 is 18.9 Å². The molecule has 0 aliphatic heterocycles. The van der Waals surface area contributed by atoms with Gasteiger partial charge in [-0.1, -0.05) is 130 Å². The first kappa shape index (κ1) is 36.6. The molecule has 1 aromatic rings. The molecule has 0 heterocycles. The van der Waals surface area contributed by atoms with Crippen molar-refractivity contribution in [2.45, 2.75) is 149 Å². The van der Waals surface area contributed by atoms with Crippen LogP contribution >= 0.6 is 15.4 Å². The van der Waals surface area contributed by atoms with Gasteiger partial charge in [0.15, 0.2) is 8.03 Å². The lowest BCUT2D eigenvalue weighted by Gasteiger charge is -2.19. The van der Waals surface area contributed by atoms with Gasteiger partial charge in [0, 0.05) is 17.1 Å². The predicted octanol–water partition coefficient (Wildman–Crippen LogP) is 9.90. The van der Waals surface area contributed by atoms with Gasteiger partial charge in [-0.3, -0.25) is 9.13 Å². The van der Waals surface area contributed by atoms with Crippen molar-refractivity contribution in [1.82, 2.24) is 0 Å². The van der Waals surface area contributed by atoms with E-state index in [4.69, 9.17) is 4.89 Å². The average Bonchev–Trinajstić information content (AvgIpc) is 2.89. The number of rotatable bonds is 21. The van der Waals surface area contributed by atoms with Crippen molar-refractivity contribution >= 4 is 20.7 Å². The number of benzene rings is 1. The van der Waals surface area contributed by atoms with Gasteiger partial charge in [-0.2, -0.15) is 0 Å².